The quantitative estimate of drug-likeness (QED) is 0.942. The second-order valence-corrected chi connectivity index (χ2v) is 5.81. The molecular weight excluding hydrogens is 270 g/mol. The van der Waals surface area contributed by atoms with Crippen molar-refractivity contribution in [2.75, 3.05) is 0 Å². The van der Waals surface area contributed by atoms with Crippen LogP contribution in [0.2, 0.25) is 0 Å². The van der Waals surface area contributed by atoms with Crippen LogP contribution in [-0.2, 0) is 0 Å². The lowest BCUT2D eigenvalue weighted by atomic mass is 10.1. The first-order valence-corrected chi connectivity index (χ1v) is 7.08. The van der Waals surface area contributed by atoms with Crippen molar-refractivity contribution in [2.24, 2.45) is 0 Å². The molecule has 102 valence electrons. The van der Waals surface area contributed by atoms with E-state index >= 15 is 0 Å². The molecular formula is C15H15N3OS. The fourth-order valence-electron chi connectivity index (χ4n) is 2.02. The Morgan fingerprint density at radius 1 is 1.45 bits per heavy atom. The molecule has 5 heteroatoms. The highest BCUT2D eigenvalue weighted by Crippen LogP contribution is 2.24. The van der Waals surface area contributed by atoms with Crippen LogP contribution in [0.25, 0.3) is 0 Å². The van der Waals surface area contributed by atoms with E-state index < -0.39 is 0 Å². The summed E-state index contributed by atoms with van der Waals surface area (Å²) < 4.78 is 0. The lowest BCUT2D eigenvalue weighted by Crippen LogP contribution is -2.26. The van der Waals surface area contributed by atoms with E-state index in [0.717, 1.165) is 15.6 Å². The van der Waals surface area contributed by atoms with Crippen LogP contribution in [0.15, 0.2) is 24.3 Å². The fourth-order valence-corrected chi connectivity index (χ4v) is 2.95. The number of carbonyl (C=O) groups excluding carboxylic acids is 1. The average Bonchev–Trinajstić information content (AvgIpc) is 2.77. The maximum atomic E-state index is 12.2. The van der Waals surface area contributed by atoms with Gasteiger partial charge in [-0.25, -0.2) is 4.98 Å². The Morgan fingerprint density at radius 3 is 2.80 bits per heavy atom. The van der Waals surface area contributed by atoms with Crippen molar-refractivity contribution in [1.82, 2.24) is 10.3 Å². The summed E-state index contributed by atoms with van der Waals surface area (Å²) in [6.45, 7) is 5.83. The van der Waals surface area contributed by atoms with Gasteiger partial charge in [0.05, 0.1) is 28.4 Å². The molecule has 4 nitrogen and oxygen atoms in total. The topological polar surface area (TPSA) is 65.8 Å². The second kappa shape index (κ2) is 5.85. The average molecular weight is 285 g/mol. The molecule has 1 amide bonds. The van der Waals surface area contributed by atoms with E-state index in [1.807, 2.05) is 26.8 Å². The number of aromatic nitrogens is 1. The molecule has 1 N–H and O–H groups in total. The smallest absolute Gasteiger partial charge is 0.251 e. The van der Waals surface area contributed by atoms with Gasteiger partial charge in [0.25, 0.3) is 5.91 Å². The fraction of sp³-hybridized carbons (Fsp3) is 0.267. The van der Waals surface area contributed by atoms with Gasteiger partial charge in [-0.15, -0.1) is 11.3 Å². The van der Waals surface area contributed by atoms with Crippen LogP contribution >= 0.6 is 11.3 Å². The highest BCUT2D eigenvalue weighted by molar-refractivity contribution is 7.11. The van der Waals surface area contributed by atoms with Crippen molar-refractivity contribution in [3.8, 4) is 6.07 Å². The molecule has 0 aliphatic heterocycles. The van der Waals surface area contributed by atoms with Gasteiger partial charge < -0.3 is 5.32 Å². The molecule has 0 saturated carbocycles. The van der Waals surface area contributed by atoms with Crippen LogP contribution < -0.4 is 5.32 Å². The second-order valence-electron chi connectivity index (χ2n) is 4.57. The van der Waals surface area contributed by atoms with Crippen LogP contribution in [-0.4, -0.2) is 10.9 Å². The number of nitriles is 1. The van der Waals surface area contributed by atoms with Crippen LogP contribution in [0.3, 0.4) is 0 Å². The van der Waals surface area contributed by atoms with Gasteiger partial charge in [-0.3, -0.25) is 4.79 Å². The normalized spacial score (nSPS) is 11.7. The van der Waals surface area contributed by atoms with Crippen molar-refractivity contribution in [1.29, 1.82) is 5.26 Å². The van der Waals surface area contributed by atoms with Crippen molar-refractivity contribution in [3.05, 3.63) is 51.0 Å². The van der Waals surface area contributed by atoms with Gasteiger partial charge in [-0.1, -0.05) is 6.07 Å². The Morgan fingerprint density at radius 2 is 2.20 bits per heavy atom. The number of nitrogens with zero attached hydrogens (tertiary/aromatic N) is 2. The van der Waals surface area contributed by atoms with Gasteiger partial charge in [-0.05, 0) is 39.0 Å². The first-order chi connectivity index (χ1) is 9.51. The largest absolute Gasteiger partial charge is 0.345 e. The molecule has 2 rings (SSSR count). The Balaban J connectivity index is 2.15. The molecule has 0 radical (unpaired) electrons. The van der Waals surface area contributed by atoms with Gasteiger partial charge >= 0.3 is 0 Å². The number of thiazole rings is 1. The first-order valence-electron chi connectivity index (χ1n) is 6.26. The molecule has 1 atom stereocenters. The van der Waals surface area contributed by atoms with Crippen molar-refractivity contribution < 1.29 is 4.79 Å². The summed E-state index contributed by atoms with van der Waals surface area (Å²) in [5, 5.41) is 12.8. The number of nitrogens with one attached hydrogen (secondary N) is 1. The summed E-state index contributed by atoms with van der Waals surface area (Å²) >= 11 is 1.59. The minimum atomic E-state index is -0.181. The number of hydrogen-bond acceptors (Lipinski definition) is 4. The summed E-state index contributed by atoms with van der Waals surface area (Å²) in [5.41, 5.74) is 1.93. The predicted molar refractivity (Wildman–Crippen MR) is 78.6 cm³/mol. The van der Waals surface area contributed by atoms with Gasteiger partial charge in [0.1, 0.15) is 0 Å². The van der Waals surface area contributed by atoms with E-state index in [2.05, 4.69) is 10.3 Å². The van der Waals surface area contributed by atoms with E-state index in [-0.39, 0.29) is 11.9 Å². The maximum absolute atomic E-state index is 12.2. The molecule has 1 aromatic carbocycles. The summed E-state index contributed by atoms with van der Waals surface area (Å²) in [6.07, 6.45) is 0. The molecule has 0 aliphatic rings. The minimum absolute atomic E-state index is 0.0977. The van der Waals surface area contributed by atoms with Gasteiger partial charge in [0, 0.05) is 10.4 Å². The standard InChI is InChI=1S/C15H15N3OS/c1-9-14(20-11(3)17-9)10(2)18-15(19)13-6-4-5-12(7-13)8-16/h4-7,10H,1-3H3,(H,18,19). The van der Waals surface area contributed by atoms with E-state index in [1.54, 1.807) is 35.6 Å². The number of benzene rings is 1. The minimum Gasteiger partial charge on any atom is -0.345 e. The number of amides is 1. The molecule has 0 spiro atoms. The Hall–Kier alpha value is -2.19. The number of rotatable bonds is 3. The molecule has 2 aromatic rings. The van der Waals surface area contributed by atoms with E-state index in [1.165, 1.54) is 0 Å². The summed E-state index contributed by atoms with van der Waals surface area (Å²) in [6, 6.07) is 8.61. The van der Waals surface area contributed by atoms with Crippen LogP contribution in [0.5, 0.6) is 0 Å². The molecule has 1 aromatic heterocycles. The Bertz CT molecular complexity index is 685. The Labute approximate surface area is 122 Å². The van der Waals surface area contributed by atoms with E-state index in [4.69, 9.17) is 5.26 Å². The van der Waals surface area contributed by atoms with Crippen molar-refractivity contribution in [3.63, 3.8) is 0 Å². The van der Waals surface area contributed by atoms with Gasteiger partial charge in [-0.2, -0.15) is 5.26 Å². The molecule has 1 heterocycles. The predicted octanol–water partition coefficient (Wildman–Crippen LogP) is 3.12. The highest BCUT2D eigenvalue weighted by Gasteiger charge is 2.16. The monoisotopic (exact) mass is 285 g/mol. The third kappa shape index (κ3) is 3.03. The number of aryl methyl sites for hydroxylation is 2. The molecule has 0 fully saturated rings. The summed E-state index contributed by atoms with van der Waals surface area (Å²) in [5.74, 6) is -0.181. The molecule has 0 bridgehead atoms. The van der Waals surface area contributed by atoms with E-state index in [9.17, 15) is 4.79 Å². The molecule has 0 aliphatic carbocycles. The van der Waals surface area contributed by atoms with Crippen molar-refractivity contribution >= 4 is 17.2 Å². The zero-order valence-corrected chi connectivity index (χ0v) is 12.4. The third-order valence-corrected chi connectivity index (χ3v) is 4.19. The summed E-state index contributed by atoms with van der Waals surface area (Å²) in [7, 11) is 0. The van der Waals surface area contributed by atoms with E-state index in [0.29, 0.717) is 11.1 Å². The zero-order chi connectivity index (χ0) is 14.7. The zero-order valence-electron chi connectivity index (χ0n) is 11.6. The van der Waals surface area contributed by atoms with Crippen LogP contribution in [0.4, 0.5) is 0 Å². The Kier molecular flexibility index (Phi) is 4.16. The van der Waals surface area contributed by atoms with Crippen LogP contribution in [0.1, 0.15) is 44.5 Å². The number of carbonyl (C=O) groups is 1. The van der Waals surface area contributed by atoms with Crippen molar-refractivity contribution in [2.45, 2.75) is 26.8 Å². The summed E-state index contributed by atoms with van der Waals surface area (Å²) in [4.78, 5) is 17.6. The maximum Gasteiger partial charge on any atom is 0.251 e. The number of hydrogen-bond donors (Lipinski definition) is 1. The first kappa shape index (κ1) is 14.2. The molecule has 0 saturated heterocycles. The lowest BCUT2D eigenvalue weighted by molar-refractivity contribution is 0.0940. The van der Waals surface area contributed by atoms with Gasteiger partial charge in [0.15, 0.2) is 0 Å². The van der Waals surface area contributed by atoms with Gasteiger partial charge in [0.2, 0.25) is 0 Å². The SMILES string of the molecule is Cc1nc(C)c(C(C)NC(=O)c2cccc(C#N)c2)s1. The lowest BCUT2D eigenvalue weighted by Gasteiger charge is -2.13. The molecule has 20 heavy (non-hydrogen) atoms. The van der Waals surface area contributed by atoms with Crippen LogP contribution in [0, 0.1) is 25.2 Å². The molecule has 1 unspecified atom stereocenters. The highest BCUT2D eigenvalue weighted by atomic mass is 32.1. The third-order valence-electron chi connectivity index (χ3n) is 2.93.